The van der Waals surface area contributed by atoms with Crippen LogP contribution in [0.1, 0.15) is 29.8 Å². The second-order valence-electron chi connectivity index (χ2n) is 3.29. The molecule has 0 aliphatic carbocycles. The number of hydrogen-bond acceptors (Lipinski definition) is 1. The van der Waals surface area contributed by atoms with Gasteiger partial charge in [-0.3, -0.25) is 4.79 Å². The average molecular weight is 184 g/mol. The lowest BCUT2D eigenvalue weighted by atomic mass is 9.95. The van der Waals surface area contributed by atoms with E-state index in [9.17, 15) is 13.6 Å². The van der Waals surface area contributed by atoms with E-state index in [2.05, 4.69) is 0 Å². The van der Waals surface area contributed by atoms with Crippen molar-refractivity contribution in [2.24, 2.45) is 0 Å². The first-order valence-corrected chi connectivity index (χ1v) is 3.90. The molecule has 1 rings (SSSR count). The van der Waals surface area contributed by atoms with Gasteiger partial charge in [0.2, 0.25) is 0 Å². The molecule has 0 fully saturated rings. The molecule has 0 N–H and O–H groups in total. The number of alkyl halides is 1. The van der Waals surface area contributed by atoms with Gasteiger partial charge in [0.15, 0.2) is 6.29 Å². The zero-order valence-electron chi connectivity index (χ0n) is 7.47. The molecule has 1 nitrogen and oxygen atoms in total. The first-order valence-electron chi connectivity index (χ1n) is 3.90. The molecule has 1 aromatic rings. The minimum atomic E-state index is -1.83. The minimum Gasteiger partial charge on any atom is -0.298 e. The Labute approximate surface area is 75.4 Å². The summed E-state index contributed by atoms with van der Waals surface area (Å²) in [4.78, 5) is 10.5. The van der Waals surface area contributed by atoms with Gasteiger partial charge in [0.05, 0.1) is 0 Å². The Morgan fingerprint density at radius 1 is 1.38 bits per heavy atom. The van der Waals surface area contributed by atoms with Crippen LogP contribution in [0.3, 0.4) is 0 Å². The number of carbonyl (C=O) groups is 1. The zero-order chi connectivity index (χ0) is 10.1. The number of aldehydes is 1. The molecule has 13 heavy (non-hydrogen) atoms. The van der Waals surface area contributed by atoms with Crippen LogP contribution in [0.2, 0.25) is 0 Å². The molecule has 0 unspecified atom stereocenters. The van der Waals surface area contributed by atoms with Gasteiger partial charge in [-0.25, -0.2) is 8.78 Å². The van der Waals surface area contributed by atoms with Crippen LogP contribution in [-0.4, -0.2) is 6.29 Å². The number of hydrogen-bond donors (Lipinski definition) is 0. The monoisotopic (exact) mass is 184 g/mol. The van der Waals surface area contributed by atoms with Gasteiger partial charge in [0, 0.05) is 11.1 Å². The summed E-state index contributed by atoms with van der Waals surface area (Å²) in [5.74, 6) is -0.683. The summed E-state index contributed by atoms with van der Waals surface area (Å²) in [6, 6.07) is 3.92. The summed E-state index contributed by atoms with van der Waals surface area (Å²) in [5, 5.41) is 0. The van der Waals surface area contributed by atoms with Gasteiger partial charge >= 0.3 is 0 Å². The van der Waals surface area contributed by atoms with Gasteiger partial charge in [-0.15, -0.1) is 0 Å². The second-order valence-corrected chi connectivity index (χ2v) is 3.29. The van der Waals surface area contributed by atoms with Crippen LogP contribution in [0.15, 0.2) is 18.2 Å². The highest BCUT2D eigenvalue weighted by molar-refractivity contribution is 5.77. The molecule has 0 bridgehead atoms. The fourth-order valence-corrected chi connectivity index (χ4v) is 1.27. The lowest BCUT2D eigenvalue weighted by molar-refractivity contribution is 0.111. The topological polar surface area (TPSA) is 17.1 Å². The van der Waals surface area contributed by atoms with Crippen molar-refractivity contribution in [3.8, 4) is 0 Å². The van der Waals surface area contributed by atoms with E-state index in [1.807, 2.05) is 0 Å². The molecular formula is C10H10F2O. The second kappa shape index (κ2) is 3.24. The van der Waals surface area contributed by atoms with Crippen molar-refractivity contribution in [1.29, 1.82) is 0 Å². The molecule has 1 aromatic carbocycles. The van der Waals surface area contributed by atoms with E-state index in [-0.39, 0.29) is 11.1 Å². The van der Waals surface area contributed by atoms with Crippen molar-refractivity contribution in [3.63, 3.8) is 0 Å². The van der Waals surface area contributed by atoms with E-state index < -0.39 is 11.5 Å². The Hall–Kier alpha value is -1.25. The first-order chi connectivity index (χ1) is 5.96. The summed E-state index contributed by atoms with van der Waals surface area (Å²) >= 11 is 0. The summed E-state index contributed by atoms with van der Waals surface area (Å²) in [5.41, 5.74) is -1.95. The Kier molecular flexibility index (Phi) is 2.45. The fourth-order valence-electron chi connectivity index (χ4n) is 1.27. The van der Waals surface area contributed by atoms with Crippen LogP contribution in [0.25, 0.3) is 0 Å². The molecule has 0 heterocycles. The van der Waals surface area contributed by atoms with Crippen molar-refractivity contribution >= 4 is 6.29 Å². The van der Waals surface area contributed by atoms with Crippen LogP contribution >= 0.6 is 0 Å². The summed E-state index contributed by atoms with van der Waals surface area (Å²) in [6.07, 6.45) is 0.458. The number of rotatable bonds is 2. The van der Waals surface area contributed by atoms with Gasteiger partial charge in [-0.05, 0) is 19.9 Å². The summed E-state index contributed by atoms with van der Waals surface area (Å²) in [7, 11) is 0. The highest BCUT2D eigenvalue weighted by Gasteiger charge is 2.25. The predicted molar refractivity (Wildman–Crippen MR) is 45.9 cm³/mol. The molecule has 70 valence electrons. The van der Waals surface area contributed by atoms with Gasteiger partial charge in [0.25, 0.3) is 0 Å². The summed E-state index contributed by atoms with van der Waals surface area (Å²) in [6.45, 7) is 2.44. The number of benzene rings is 1. The quantitative estimate of drug-likeness (QED) is 0.646. The molecular weight excluding hydrogens is 174 g/mol. The van der Waals surface area contributed by atoms with Crippen LogP contribution in [0.5, 0.6) is 0 Å². The van der Waals surface area contributed by atoms with Gasteiger partial charge < -0.3 is 0 Å². The van der Waals surface area contributed by atoms with Crippen molar-refractivity contribution in [2.75, 3.05) is 0 Å². The Morgan fingerprint density at radius 2 is 2.00 bits per heavy atom. The largest absolute Gasteiger partial charge is 0.298 e. The van der Waals surface area contributed by atoms with Gasteiger partial charge in [-0.2, -0.15) is 0 Å². The van der Waals surface area contributed by atoms with E-state index in [0.717, 1.165) is 6.07 Å². The molecule has 0 saturated carbocycles. The van der Waals surface area contributed by atoms with E-state index in [4.69, 9.17) is 0 Å². The fraction of sp³-hybridized carbons (Fsp3) is 0.300. The molecule has 3 heteroatoms. The molecule has 0 aliphatic rings. The third kappa shape index (κ3) is 1.91. The molecule has 0 atom stereocenters. The Morgan fingerprint density at radius 3 is 2.38 bits per heavy atom. The molecule has 0 saturated heterocycles. The molecule has 0 amide bonds. The molecule has 0 aliphatic heterocycles. The third-order valence-electron chi connectivity index (χ3n) is 1.77. The van der Waals surface area contributed by atoms with Crippen LogP contribution in [0.4, 0.5) is 8.78 Å². The average Bonchev–Trinajstić information content (AvgIpc) is 2.01. The number of halogens is 2. The normalized spacial score (nSPS) is 11.4. The first kappa shape index (κ1) is 9.84. The van der Waals surface area contributed by atoms with Crippen molar-refractivity contribution < 1.29 is 13.6 Å². The Balaban J connectivity index is 3.40. The lowest BCUT2D eigenvalue weighted by Crippen LogP contribution is -2.14. The predicted octanol–water partition coefficient (Wildman–Crippen LogP) is 2.84. The highest BCUT2D eigenvalue weighted by Crippen LogP contribution is 2.29. The standard InChI is InChI=1S/C10H10F2O/c1-10(2,12)9-7(6-13)4-3-5-8(9)11/h3-6H,1-2H3. The molecule has 0 radical (unpaired) electrons. The van der Waals surface area contributed by atoms with Gasteiger partial charge in [0.1, 0.15) is 11.5 Å². The maximum atomic E-state index is 13.4. The van der Waals surface area contributed by atoms with E-state index in [1.54, 1.807) is 0 Å². The summed E-state index contributed by atoms with van der Waals surface area (Å²) < 4.78 is 26.6. The van der Waals surface area contributed by atoms with Crippen LogP contribution in [-0.2, 0) is 5.67 Å². The smallest absolute Gasteiger partial charge is 0.150 e. The Bertz CT molecular complexity index is 326. The number of carbonyl (C=O) groups excluding carboxylic acids is 1. The molecule has 0 aromatic heterocycles. The van der Waals surface area contributed by atoms with Crippen molar-refractivity contribution in [2.45, 2.75) is 19.5 Å². The van der Waals surface area contributed by atoms with E-state index in [1.165, 1.54) is 26.0 Å². The van der Waals surface area contributed by atoms with E-state index in [0.29, 0.717) is 6.29 Å². The third-order valence-corrected chi connectivity index (χ3v) is 1.77. The van der Waals surface area contributed by atoms with Crippen molar-refractivity contribution in [3.05, 3.63) is 35.1 Å². The SMILES string of the molecule is CC(C)(F)c1c(F)cccc1C=O. The van der Waals surface area contributed by atoms with Gasteiger partial charge in [-0.1, -0.05) is 12.1 Å². The zero-order valence-corrected chi connectivity index (χ0v) is 7.47. The lowest BCUT2D eigenvalue weighted by Gasteiger charge is -2.17. The highest BCUT2D eigenvalue weighted by atomic mass is 19.1. The maximum absolute atomic E-state index is 13.4. The van der Waals surface area contributed by atoms with Crippen LogP contribution in [0, 0.1) is 5.82 Å². The maximum Gasteiger partial charge on any atom is 0.150 e. The minimum absolute atomic E-state index is 0.0625. The van der Waals surface area contributed by atoms with Crippen LogP contribution < -0.4 is 0 Å². The van der Waals surface area contributed by atoms with E-state index >= 15 is 0 Å². The van der Waals surface area contributed by atoms with Crippen molar-refractivity contribution in [1.82, 2.24) is 0 Å². The molecule has 0 spiro atoms.